The highest BCUT2D eigenvalue weighted by molar-refractivity contribution is 5.96. The van der Waals surface area contributed by atoms with E-state index in [4.69, 9.17) is 0 Å². The Labute approximate surface area is 114 Å². The number of aromatic hydroxyl groups is 1. The molecule has 0 aliphatic carbocycles. The predicted octanol–water partition coefficient (Wildman–Crippen LogP) is 1.77. The number of piperidine rings is 1. The summed E-state index contributed by atoms with van der Waals surface area (Å²) in [6.45, 7) is 5.94. The summed E-state index contributed by atoms with van der Waals surface area (Å²) >= 11 is 0. The van der Waals surface area contributed by atoms with E-state index in [1.165, 1.54) is 0 Å². The van der Waals surface area contributed by atoms with Gasteiger partial charge in [0.2, 0.25) is 0 Å². The van der Waals surface area contributed by atoms with Crippen LogP contribution >= 0.6 is 0 Å². The molecule has 0 saturated carbocycles. The highest BCUT2D eigenvalue weighted by atomic mass is 16.3. The van der Waals surface area contributed by atoms with Gasteiger partial charge in [-0.05, 0) is 45.0 Å². The number of phenolic OH excluding ortho intramolecular Hbond substituents is 1. The van der Waals surface area contributed by atoms with Gasteiger partial charge >= 0.3 is 0 Å². The summed E-state index contributed by atoms with van der Waals surface area (Å²) in [7, 11) is 2.11. The van der Waals surface area contributed by atoms with E-state index >= 15 is 0 Å². The summed E-state index contributed by atoms with van der Waals surface area (Å²) in [5.74, 6) is 0.527. The summed E-state index contributed by atoms with van der Waals surface area (Å²) in [6.07, 6.45) is 0.973. The fraction of sp³-hybridized carbons (Fsp3) is 0.533. The summed E-state index contributed by atoms with van der Waals surface area (Å²) < 4.78 is 0. The van der Waals surface area contributed by atoms with Crippen LogP contribution in [0.3, 0.4) is 0 Å². The number of carbonyl (C=O) groups excluding carboxylic acids is 1. The van der Waals surface area contributed by atoms with E-state index in [0.717, 1.165) is 19.5 Å². The Morgan fingerprint density at radius 2 is 2.21 bits per heavy atom. The van der Waals surface area contributed by atoms with Gasteiger partial charge in [-0.2, -0.15) is 0 Å². The van der Waals surface area contributed by atoms with Gasteiger partial charge in [0, 0.05) is 23.7 Å². The van der Waals surface area contributed by atoms with Gasteiger partial charge in [-0.3, -0.25) is 4.79 Å². The van der Waals surface area contributed by atoms with Gasteiger partial charge in [0.15, 0.2) is 0 Å². The highest BCUT2D eigenvalue weighted by Crippen LogP contribution is 2.21. The molecule has 0 spiro atoms. The quantitative estimate of drug-likeness (QED) is 0.854. The molecule has 1 amide bonds. The molecule has 2 unspecified atom stereocenters. The smallest absolute Gasteiger partial charge is 0.251 e. The molecule has 19 heavy (non-hydrogen) atoms. The number of benzene rings is 1. The molecule has 4 heteroatoms. The molecule has 1 aliphatic heterocycles. The van der Waals surface area contributed by atoms with Crippen molar-refractivity contribution in [2.24, 2.45) is 5.92 Å². The SMILES string of the molecule is Cc1c(O)cccc1C(=O)NC1CCN(C)CC1C. The molecule has 1 aliphatic rings. The number of hydrogen-bond acceptors (Lipinski definition) is 3. The lowest BCUT2D eigenvalue weighted by Crippen LogP contribution is -2.48. The van der Waals surface area contributed by atoms with E-state index in [1.54, 1.807) is 25.1 Å². The van der Waals surface area contributed by atoms with Gasteiger partial charge in [0.25, 0.3) is 5.91 Å². The number of carbonyl (C=O) groups is 1. The van der Waals surface area contributed by atoms with Gasteiger partial charge in [-0.15, -0.1) is 0 Å². The van der Waals surface area contributed by atoms with Crippen molar-refractivity contribution < 1.29 is 9.90 Å². The lowest BCUT2D eigenvalue weighted by Gasteiger charge is -2.35. The fourth-order valence-electron chi connectivity index (χ4n) is 2.68. The second-order valence-corrected chi connectivity index (χ2v) is 5.56. The number of amides is 1. The minimum Gasteiger partial charge on any atom is -0.508 e. The van der Waals surface area contributed by atoms with Gasteiger partial charge in [0.1, 0.15) is 5.75 Å². The lowest BCUT2D eigenvalue weighted by molar-refractivity contribution is 0.0883. The number of likely N-dealkylation sites (tertiary alicyclic amines) is 1. The molecule has 4 nitrogen and oxygen atoms in total. The highest BCUT2D eigenvalue weighted by Gasteiger charge is 2.26. The lowest BCUT2D eigenvalue weighted by atomic mass is 9.93. The van der Waals surface area contributed by atoms with Crippen molar-refractivity contribution in [3.05, 3.63) is 29.3 Å². The van der Waals surface area contributed by atoms with Crippen molar-refractivity contribution in [2.75, 3.05) is 20.1 Å². The van der Waals surface area contributed by atoms with Crippen LogP contribution in [0.25, 0.3) is 0 Å². The van der Waals surface area contributed by atoms with Crippen LogP contribution in [0, 0.1) is 12.8 Å². The van der Waals surface area contributed by atoms with Crippen LogP contribution < -0.4 is 5.32 Å². The zero-order valence-electron chi connectivity index (χ0n) is 11.8. The summed E-state index contributed by atoms with van der Waals surface area (Å²) in [4.78, 5) is 14.6. The maximum absolute atomic E-state index is 12.3. The average molecular weight is 262 g/mol. The van der Waals surface area contributed by atoms with E-state index in [-0.39, 0.29) is 17.7 Å². The number of nitrogens with zero attached hydrogens (tertiary/aromatic N) is 1. The van der Waals surface area contributed by atoms with E-state index < -0.39 is 0 Å². The van der Waals surface area contributed by atoms with Crippen LogP contribution in [-0.4, -0.2) is 42.1 Å². The summed E-state index contributed by atoms with van der Waals surface area (Å²) in [5.41, 5.74) is 1.20. The molecule has 0 radical (unpaired) electrons. The van der Waals surface area contributed by atoms with Crippen LogP contribution in [0.5, 0.6) is 5.75 Å². The maximum Gasteiger partial charge on any atom is 0.251 e. The molecule has 2 atom stereocenters. The van der Waals surface area contributed by atoms with Crippen molar-refractivity contribution in [3.8, 4) is 5.75 Å². The second-order valence-electron chi connectivity index (χ2n) is 5.56. The third-order valence-corrected chi connectivity index (χ3v) is 3.97. The molecule has 1 heterocycles. The molecule has 1 saturated heterocycles. The number of phenols is 1. The first-order valence-corrected chi connectivity index (χ1v) is 6.77. The van der Waals surface area contributed by atoms with E-state index in [9.17, 15) is 9.90 Å². The summed E-state index contributed by atoms with van der Waals surface area (Å²) in [6, 6.07) is 5.27. The second kappa shape index (κ2) is 5.61. The van der Waals surface area contributed by atoms with Gasteiger partial charge < -0.3 is 15.3 Å². The fourth-order valence-corrected chi connectivity index (χ4v) is 2.68. The van der Waals surface area contributed by atoms with Crippen molar-refractivity contribution in [2.45, 2.75) is 26.3 Å². The Kier molecular flexibility index (Phi) is 4.10. The molecule has 0 bridgehead atoms. The number of hydrogen-bond donors (Lipinski definition) is 2. The molecule has 104 valence electrons. The van der Waals surface area contributed by atoms with Crippen LogP contribution in [0.15, 0.2) is 18.2 Å². The molecule has 2 rings (SSSR count). The molecule has 0 aromatic heterocycles. The van der Waals surface area contributed by atoms with E-state index in [2.05, 4.69) is 24.2 Å². The van der Waals surface area contributed by atoms with E-state index in [1.807, 2.05) is 0 Å². The monoisotopic (exact) mass is 262 g/mol. The van der Waals surface area contributed by atoms with Crippen LogP contribution in [0.4, 0.5) is 0 Å². The first-order chi connectivity index (χ1) is 8.99. The van der Waals surface area contributed by atoms with Gasteiger partial charge in [0.05, 0.1) is 0 Å². The Balaban J connectivity index is 2.07. The first-order valence-electron chi connectivity index (χ1n) is 6.77. The zero-order chi connectivity index (χ0) is 14.0. The molecule has 1 aromatic carbocycles. The van der Waals surface area contributed by atoms with Crippen molar-refractivity contribution in [1.29, 1.82) is 0 Å². The van der Waals surface area contributed by atoms with Crippen molar-refractivity contribution in [1.82, 2.24) is 10.2 Å². The molecule has 1 fully saturated rings. The minimum absolute atomic E-state index is 0.0881. The zero-order valence-corrected chi connectivity index (χ0v) is 11.8. The Hall–Kier alpha value is -1.55. The normalized spacial score (nSPS) is 24.2. The largest absolute Gasteiger partial charge is 0.508 e. The van der Waals surface area contributed by atoms with Crippen LogP contribution in [-0.2, 0) is 0 Å². The minimum atomic E-state index is -0.0881. The Bertz CT molecular complexity index is 473. The Morgan fingerprint density at radius 3 is 2.89 bits per heavy atom. The predicted molar refractivity (Wildman–Crippen MR) is 75.4 cm³/mol. The average Bonchev–Trinajstić information content (AvgIpc) is 2.36. The van der Waals surface area contributed by atoms with Gasteiger partial charge in [-0.25, -0.2) is 0 Å². The summed E-state index contributed by atoms with van der Waals surface area (Å²) in [5, 5.41) is 12.8. The molecule has 1 aromatic rings. The number of nitrogens with one attached hydrogen (secondary N) is 1. The van der Waals surface area contributed by atoms with Crippen molar-refractivity contribution >= 4 is 5.91 Å². The molecular weight excluding hydrogens is 240 g/mol. The molecule has 2 N–H and O–H groups in total. The van der Waals surface area contributed by atoms with Crippen molar-refractivity contribution in [3.63, 3.8) is 0 Å². The standard InChI is InChI=1S/C15H22N2O2/c1-10-9-17(3)8-7-13(10)16-15(19)12-5-4-6-14(18)11(12)2/h4-6,10,13,18H,7-9H2,1-3H3,(H,16,19). The number of rotatable bonds is 2. The Morgan fingerprint density at radius 1 is 1.47 bits per heavy atom. The third kappa shape index (κ3) is 3.07. The van der Waals surface area contributed by atoms with E-state index in [0.29, 0.717) is 17.0 Å². The maximum atomic E-state index is 12.3. The van der Waals surface area contributed by atoms with Gasteiger partial charge in [-0.1, -0.05) is 13.0 Å². The first kappa shape index (κ1) is 13.9. The van der Waals surface area contributed by atoms with Crippen LogP contribution in [0.1, 0.15) is 29.3 Å². The molecular formula is C15H22N2O2. The van der Waals surface area contributed by atoms with Crippen LogP contribution in [0.2, 0.25) is 0 Å². The topological polar surface area (TPSA) is 52.6 Å². The third-order valence-electron chi connectivity index (χ3n) is 3.97.